The molecule has 0 bridgehead atoms. The monoisotopic (exact) mass is 424 g/mol. The van der Waals surface area contributed by atoms with Crippen molar-refractivity contribution in [1.29, 1.82) is 0 Å². The summed E-state index contributed by atoms with van der Waals surface area (Å²) in [6, 6.07) is 21.6. The summed E-state index contributed by atoms with van der Waals surface area (Å²) in [6.45, 7) is 6.68. The molecule has 0 amide bonds. The third kappa shape index (κ3) is 5.88. The van der Waals surface area contributed by atoms with Crippen molar-refractivity contribution < 1.29 is 19.1 Å². The van der Waals surface area contributed by atoms with Crippen LogP contribution in [0.2, 0.25) is 0 Å². The third-order valence-corrected chi connectivity index (χ3v) is 4.22. The molecule has 4 N–H and O–H groups in total. The van der Waals surface area contributed by atoms with E-state index in [1.54, 1.807) is 36.4 Å². The Bertz CT molecular complexity index is 1230. The molecule has 3 aromatic carbocycles. The Labute approximate surface area is 185 Å². The molecule has 3 aromatic rings. The van der Waals surface area contributed by atoms with Crippen LogP contribution in [0.1, 0.15) is 11.1 Å². The molecule has 0 heterocycles. The summed E-state index contributed by atoms with van der Waals surface area (Å²) in [7, 11) is 0. The van der Waals surface area contributed by atoms with Gasteiger partial charge in [-0.25, -0.2) is 9.59 Å². The topological polar surface area (TPSA) is 105 Å². The Kier molecular flexibility index (Phi) is 6.74. The Balaban J connectivity index is 1.65. The molecule has 0 saturated carbocycles. The van der Waals surface area contributed by atoms with Crippen molar-refractivity contribution in [3.63, 3.8) is 0 Å². The van der Waals surface area contributed by atoms with Gasteiger partial charge in [-0.3, -0.25) is 0 Å². The minimum Gasteiger partial charge on any atom is -0.422 e. The number of benzene rings is 3. The predicted octanol–water partition coefficient (Wildman–Crippen LogP) is 3.51. The van der Waals surface area contributed by atoms with Gasteiger partial charge < -0.3 is 20.9 Å². The summed E-state index contributed by atoms with van der Waals surface area (Å²) in [5.41, 5.74) is 13.9. The quantitative estimate of drug-likeness (QED) is 0.281. The van der Waals surface area contributed by atoms with Crippen LogP contribution in [0.4, 0.5) is 0 Å². The van der Waals surface area contributed by atoms with Crippen LogP contribution in [0.3, 0.4) is 0 Å². The Hall–Kier alpha value is -4.76. The summed E-state index contributed by atoms with van der Waals surface area (Å²) >= 11 is 0. The highest BCUT2D eigenvalue weighted by Crippen LogP contribution is 2.23. The number of hydrogen-bond donors (Lipinski definition) is 2. The average molecular weight is 424 g/mol. The van der Waals surface area contributed by atoms with Gasteiger partial charge in [0, 0.05) is 11.1 Å². The molecular formula is C26H20N2O4. The first-order valence-electron chi connectivity index (χ1n) is 9.47. The van der Waals surface area contributed by atoms with Crippen molar-refractivity contribution in [2.45, 2.75) is 0 Å². The van der Waals surface area contributed by atoms with Gasteiger partial charge in [-0.2, -0.15) is 0 Å². The molecule has 6 heteroatoms. The standard InChI is InChI=1S/C26H20N2O4/c1-17(27)25(29)31-23-13-7-20(8-14-23)4-3-19-5-9-21(10-6-19)22-11-15-24(16-12-22)32-26(30)18(2)28/h5-16H,1-2,27-28H2. The zero-order valence-corrected chi connectivity index (χ0v) is 17.1. The first kappa shape index (κ1) is 21.9. The van der Waals surface area contributed by atoms with E-state index in [2.05, 4.69) is 25.0 Å². The molecule has 0 fully saturated rings. The number of nitrogens with two attached hydrogens (primary N) is 2. The zero-order valence-electron chi connectivity index (χ0n) is 17.1. The summed E-state index contributed by atoms with van der Waals surface area (Å²) in [6.07, 6.45) is 0. The molecule has 0 aliphatic heterocycles. The van der Waals surface area contributed by atoms with Gasteiger partial charge in [0.05, 0.1) is 0 Å². The fraction of sp³-hybridized carbons (Fsp3) is 0. The largest absolute Gasteiger partial charge is 0.422 e. The highest BCUT2D eigenvalue weighted by Gasteiger charge is 2.07. The fourth-order valence-electron chi connectivity index (χ4n) is 2.56. The minimum absolute atomic E-state index is 0.150. The predicted molar refractivity (Wildman–Crippen MR) is 122 cm³/mol. The van der Waals surface area contributed by atoms with Crippen LogP contribution in [0.25, 0.3) is 11.1 Å². The molecule has 6 nitrogen and oxygen atoms in total. The van der Waals surface area contributed by atoms with Crippen molar-refractivity contribution in [3.8, 4) is 34.5 Å². The van der Waals surface area contributed by atoms with Crippen LogP contribution >= 0.6 is 0 Å². The second kappa shape index (κ2) is 9.83. The molecule has 0 atom stereocenters. The summed E-state index contributed by atoms with van der Waals surface area (Å²) in [4.78, 5) is 22.9. The third-order valence-electron chi connectivity index (χ3n) is 4.22. The molecule has 0 spiro atoms. The lowest BCUT2D eigenvalue weighted by molar-refractivity contribution is -0.131. The second-order valence-electron chi connectivity index (χ2n) is 6.71. The maximum Gasteiger partial charge on any atom is 0.358 e. The first-order valence-corrected chi connectivity index (χ1v) is 9.47. The van der Waals surface area contributed by atoms with E-state index in [0.717, 1.165) is 22.3 Å². The van der Waals surface area contributed by atoms with E-state index >= 15 is 0 Å². The van der Waals surface area contributed by atoms with Crippen LogP contribution in [0, 0.1) is 11.8 Å². The number of ether oxygens (including phenoxy) is 2. The first-order chi connectivity index (χ1) is 15.3. The van der Waals surface area contributed by atoms with E-state index in [1.165, 1.54) is 0 Å². The van der Waals surface area contributed by atoms with Crippen molar-refractivity contribution in [2.75, 3.05) is 0 Å². The van der Waals surface area contributed by atoms with E-state index in [1.807, 2.05) is 36.4 Å². The van der Waals surface area contributed by atoms with Crippen molar-refractivity contribution in [1.82, 2.24) is 0 Å². The Morgan fingerprint density at radius 2 is 0.906 bits per heavy atom. The number of rotatable bonds is 5. The molecule has 0 aliphatic carbocycles. The SMILES string of the molecule is C=C(N)C(=O)Oc1ccc(C#Cc2ccc(-c3ccc(OC(=O)C(=C)N)cc3)cc2)cc1. The van der Waals surface area contributed by atoms with Crippen molar-refractivity contribution in [3.05, 3.63) is 108 Å². The lowest BCUT2D eigenvalue weighted by atomic mass is 10.0. The lowest BCUT2D eigenvalue weighted by Crippen LogP contribution is -2.16. The molecule has 0 radical (unpaired) electrons. The molecule has 3 rings (SSSR count). The second-order valence-corrected chi connectivity index (χ2v) is 6.71. The van der Waals surface area contributed by atoms with E-state index in [4.69, 9.17) is 20.9 Å². The van der Waals surface area contributed by atoms with Crippen molar-refractivity contribution >= 4 is 11.9 Å². The van der Waals surface area contributed by atoms with Gasteiger partial charge in [0.25, 0.3) is 0 Å². The fourth-order valence-corrected chi connectivity index (χ4v) is 2.56. The molecule has 32 heavy (non-hydrogen) atoms. The van der Waals surface area contributed by atoms with Crippen LogP contribution < -0.4 is 20.9 Å². The molecule has 0 aromatic heterocycles. The van der Waals surface area contributed by atoms with Gasteiger partial charge in [0.15, 0.2) is 0 Å². The normalized spacial score (nSPS) is 9.75. The summed E-state index contributed by atoms with van der Waals surface area (Å²) in [5.74, 6) is 5.56. The Morgan fingerprint density at radius 1 is 0.594 bits per heavy atom. The van der Waals surface area contributed by atoms with Crippen molar-refractivity contribution in [2.24, 2.45) is 11.5 Å². The van der Waals surface area contributed by atoms with E-state index in [9.17, 15) is 9.59 Å². The van der Waals surface area contributed by atoms with Crippen LogP contribution in [-0.4, -0.2) is 11.9 Å². The van der Waals surface area contributed by atoms with Crippen LogP contribution in [0.5, 0.6) is 11.5 Å². The van der Waals surface area contributed by atoms with Gasteiger partial charge >= 0.3 is 11.9 Å². The minimum atomic E-state index is -0.680. The average Bonchev–Trinajstić information content (AvgIpc) is 2.79. The van der Waals surface area contributed by atoms with Gasteiger partial charge in [0.1, 0.15) is 22.9 Å². The van der Waals surface area contributed by atoms with E-state index < -0.39 is 11.9 Å². The van der Waals surface area contributed by atoms with Gasteiger partial charge in [-0.15, -0.1) is 0 Å². The molecule has 158 valence electrons. The zero-order chi connectivity index (χ0) is 23.1. The highest BCUT2D eigenvalue weighted by atomic mass is 16.5. The van der Waals surface area contributed by atoms with E-state index in [-0.39, 0.29) is 11.4 Å². The number of esters is 2. The maximum absolute atomic E-state index is 11.5. The number of carbonyl (C=O) groups is 2. The molecular weight excluding hydrogens is 404 g/mol. The molecule has 0 unspecified atom stereocenters. The van der Waals surface area contributed by atoms with Crippen LogP contribution in [-0.2, 0) is 9.59 Å². The van der Waals surface area contributed by atoms with Gasteiger partial charge in [-0.1, -0.05) is 49.3 Å². The highest BCUT2D eigenvalue weighted by molar-refractivity contribution is 5.88. The number of carbonyl (C=O) groups excluding carboxylic acids is 2. The van der Waals surface area contributed by atoms with Gasteiger partial charge in [0.2, 0.25) is 0 Å². The van der Waals surface area contributed by atoms with E-state index in [0.29, 0.717) is 11.5 Å². The van der Waals surface area contributed by atoms with Crippen LogP contribution in [0.15, 0.2) is 97.3 Å². The molecule has 0 saturated heterocycles. The Morgan fingerprint density at radius 3 is 1.28 bits per heavy atom. The lowest BCUT2D eigenvalue weighted by Gasteiger charge is -2.06. The smallest absolute Gasteiger partial charge is 0.358 e. The number of hydrogen-bond acceptors (Lipinski definition) is 6. The summed E-state index contributed by atoms with van der Waals surface area (Å²) < 4.78 is 10.1. The summed E-state index contributed by atoms with van der Waals surface area (Å²) in [5, 5.41) is 0. The van der Waals surface area contributed by atoms with Gasteiger partial charge in [-0.05, 0) is 59.7 Å². The maximum atomic E-state index is 11.5. The molecule has 0 aliphatic rings.